The number of anilines is 2. The number of carbonyl (C=O) groups excluding carboxylic acids is 1. The molecule has 0 spiro atoms. The lowest BCUT2D eigenvalue weighted by atomic mass is 10.1. The van der Waals surface area contributed by atoms with Crippen molar-refractivity contribution in [2.75, 3.05) is 30.4 Å². The number of piperidine rings is 1. The fraction of sp³-hybridized carbons (Fsp3) is 0.348. The summed E-state index contributed by atoms with van der Waals surface area (Å²) < 4.78 is 6.95. The summed E-state index contributed by atoms with van der Waals surface area (Å²) in [5.74, 6) is 1.17. The number of rotatable bonds is 5. The normalized spacial score (nSPS) is 14.5. The molecular weight excluding hydrogens is 394 g/mol. The van der Waals surface area contributed by atoms with E-state index in [1.54, 1.807) is 17.7 Å². The predicted molar refractivity (Wildman–Crippen MR) is 122 cm³/mol. The Morgan fingerprint density at radius 3 is 2.68 bits per heavy atom. The van der Waals surface area contributed by atoms with Crippen molar-refractivity contribution in [3.8, 4) is 5.75 Å². The van der Waals surface area contributed by atoms with Gasteiger partial charge >= 0.3 is 6.03 Å². The Morgan fingerprint density at radius 2 is 1.94 bits per heavy atom. The van der Waals surface area contributed by atoms with Crippen LogP contribution in [0.15, 0.2) is 53.3 Å². The van der Waals surface area contributed by atoms with Crippen molar-refractivity contribution in [3.05, 3.63) is 58.9 Å². The number of benzene rings is 2. The second-order valence-electron chi connectivity index (χ2n) is 7.57. The first kappa shape index (κ1) is 20.7. The summed E-state index contributed by atoms with van der Waals surface area (Å²) >= 11 is 0. The number of carbonyl (C=O) groups is 1. The van der Waals surface area contributed by atoms with Crippen LogP contribution in [0.2, 0.25) is 0 Å². The quantitative estimate of drug-likeness (QED) is 0.660. The van der Waals surface area contributed by atoms with Gasteiger partial charge in [0, 0.05) is 37.4 Å². The van der Waals surface area contributed by atoms with Crippen LogP contribution < -0.4 is 25.8 Å². The van der Waals surface area contributed by atoms with Crippen LogP contribution in [0, 0.1) is 0 Å². The number of ether oxygens (including phenoxy) is 1. The highest BCUT2D eigenvalue weighted by atomic mass is 16.5. The molecule has 0 unspecified atom stereocenters. The van der Waals surface area contributed by atoms with Gasteiger partial charge in [-0.25, -0.2) is 9.78 Å². The van der Waals surface area contributed by atoms with Crippen LogP contribution in [-0.2, 0) is 6.54 Å². The van der Waals surface area contributed by atoms with E-state index in [9.17, 15) is 9.59 Å². The van der Waals surface area contributed by atoms with Crippen LogP contribution in [0.25, 0.3) is 11.0 Å². The first-order valence-corrected chi connectivity index (χ1v) is 10.5. The van der Waals surface area contributed by atoms with Gasteiger partial charge in [0.2, 0.25) is 0 Å². The fourth-order valence-corrected chi connectivity index (χ4v) is 3.99. The van der Waals surface area contributed by atoms with Crippen LogP contribution in [0.5, 0.6) is 5.75 Å². The van der Waals surface area contributed by atoms with E-state index in [1.165, 1.54) is 0 Å². The molecule has 0 saturated carbocycles. The summed E-state index contributed by atoms with van der Waals surface area (Å²) in [5, 5.41) is 5.86. The summed E-state index contributed by atoms with van der Waals surface area (Å²) in [6.07, 6.45) is 1.48. The number of nitrogens with zero attached hydrogens (tertiary/aromatic N) is 3. The van der Waals surface area contributed by atoms with Crippen molar-refractivity contribution in [2.45, 2.75) is 32.4 Å². The molecule has 0 bridgehead atoms. The number of aromatic nitrogens is 2. The Labute approximate surface area is 180 Å². The number of amides is 2. The highest BCUT2D eigenvalue weighted by Gasteiger charge is 2.24. The minimum Gasteiger partial charge on any atom is -0.497 e. The predicted octanol–water partition coefficient (Wildman–Crippen LogP) is 3.22. The molecule has 2 N–H and O–H groups in total. The van der Waals surface area contributed by atoms with Crippen molar-refractivity contribution < 1.29 is 9.53 Å². The standard InChI is InChI=1S/C23H27N5O3/c1-3-28-20-10-5-4-9-19(20)26-21(22(28)29)27-13-11-16(12-14-27)24-23(30)25-17-7-6-8-18(15-17)31-2/h4-10,15-16H,3,11-14H2,1-2H3,(H2,24,25,30). The first-order valence-electron chi connectivity index (χ1n) is 10.5. The summed E-state index contributed by atoms with van der Waals surface area (Å²) in [6, 6.07) is 14.7. The molecule has 1 saturated heterocycles. The van der Waals surface area contributed by atoms with E-state index in [0.29, 0.717) is 36.9 Å². The molecule has 162 valence electrons. The Balaban J connectivity index is 1.40. The summed E-state index contributed by atoms with van der Waals surface area (Å²) in [4.78, 5) is 32.0. The third-order valence-corrected chi connectivity index (χ3v) is 5.61. The van der Waals surface area contributed by atoms with Crippen molar-refractivity contribution in [1.29, 1.82) is 0 Å². The highest BCUT2D eigenvalue weighted by molar-refractivity contribution is 5.89. The maximum Gasteiger partial charge on any atom is 0.319 e. The molecule has 1 fully saturated rings. The number of hydrogen-bond acceptors (Lipinski definition) is 5. The van der Waals surface area contributed by atoms with Gasteiger partial charge in [-0.2, -0.15) is 0 Å². The topological polar surface area (TPSA) is 88.5 Å². The maximum atomic E-state index is 13.0. The van der Waals surface area contributed by atoms with Crippen LogP contribution in [0.3, 0.4) is 0 Å². The van der Waals surface area contributed by atoms with E-state index in [0.717, 1.165) is 23.9 Å². The number of fused-ring (bicyclic) bond motifs is 1. The van der Waals surface area contributed by atoms with E-state index in [4.69, 9.17) is 4.74 Å². The molecule has 8 heteroatoms. The lowest BCUT2D eigenvalue weighted by molar-refractivity contribution is 0.246. The number of urea groups is 1. The van der Waals surface area contributed by atoms with Crippen LogP contribution in [0.4, 0.5) is 16.3 Å². The van der Waals surface area contributed by atoms with Crippen molar-refractivity contribution in [3.63, 3.8) is 0 Å². The van der Waals surface area contributed by atoms with E-state index in [2.05, 4.69) is 15.6 Å². The number of aryl methyl sites for hydroxylation is 1. The van der Waals surface area contributed by atoms with Gasteiger partial charge in [-0.3, -0.25) is 4.79 Å². The van der Waals surface area contributed by atoms with Gasteiger partial charge < -0.3 is 24.8 Å². The van der Waals surface area contributed by atoms with Gasteiger partial charge in [-0.1, -0.05) is 18.2 Å². The summed E-state index contributed by atoms with van der Waals surface area (Å²) in [5.41, 5.74) is 2.28. The molecule has 2 aromatic carbocycles. The molecule has 8 nitrogen and oxygen atoms in total. The molecule has 1 aliphatic rings. The average Bonchev–Trinajstić information content (AvgIpc) is 2.79. The van der Waals surface area contributed by atoms with E-state index >= 15 is 0 Å². The fourth-order valence-electron chi connectivity index (χ4n) is 3.99. The highest BCUT2D eigenvalue weighted by Crippen LogP contribution is 2.20. The Kier molecular flexibility index (Phi) is 6.06. The number of methoxy groups -OCH3 is 1. The molecule has 0 radical (unpaired) electrons. The third-order valence-electron chi connectivity index (χ3n) is 5.61. The summed E-state index contributed by atoms with van der Waals surface area (Å²) in [6.45, 7) is 3.88. The largest absolute Gasteiger partial charge is 0.497 e. The minimum atomic E-state index is -0.246. The number of nitrogens with one attached hydrogen (secondary N) is 2. The molecule has 1 aromatic heterocycles. The van der Waals surface area contributed by atoms with Crippen LogP contribution in [0.1, 0.15) is 19.8 Å². The Morgan fingerprint density at radius 1 is 1.16 bits per heavy atom. The maximum absolute atomic E-state index is 13.0. The molecular formula is C23H27N5O3. The molecule has 1 aliphatic heterocycles. The van der Waals surface area contributed by atoms with E-state index in [-0.39, 0.29) is 17.6 Å². The van der Waals surface area contributed by atoms with Crippen LogP contribution >= 0.6 is 0 Å². The number of hydrogen-bond donors (Lipinski definition) is 2. The van der Waals surface area contributed by atoms with Gasteiger partial charge in [-0.05, 0) is 44.0 Å². The molecule has 2 amide bonds. The Bertz CT molecular complexity index is 1140. The monoisotopic (exact) mass is 421 g/mol. The van der Waals surface area contributed by atoms with Crippen molar-refractivity contribution in [2.24, 2.45) is 0 Å². The minimum absolute atomic E-state index is 0.0377. The van der Waals surface area contributed by atoms with Gasteiger partial charge in [0.05, 0.1) is 18.1 Å². The molecule has 4 rings (SSSR count). The molecule has 0 atom stereocenters. The van der Waals surface area contributed by atoms with Crippen molar-refractivity contribution >= 4 is 28.6 Å². The van der Waals surface area contributed by atoms with Gasteiger partial charge in [-0.15, -0.1) is 0 Å². The molecule has 3 aromatic rings. The van der Waals surface area contributed by atoms with Gasteiger partial charge in [0.1, 0.15) is 5.75 Å². The average molecular weight is 422 g/mol. The third kappa shape index (κ3) is 4.47. The molecule has 0 aliphatic carbocycles. The van der Waals surface area contributed by atoms with Crippen LogP contribution in [-0.4, -0.2) is 41.8 Å². The lowest BCUT2D eigenvalue weighted by Gasteiger charge is -2.33. The summed E-state index contributed by atoms with van der Waals surface area (Å²) in [7, 11) is 1.59. The van der Waals surface area contributed by atoms with E-state index in [1.807, 2.05) is 54.3 Å². The van der Waals surface area contributed by atoms with Crippen molar-refractivity contribution in [1.82, 2.24) is 14.9 Å². The zero-order chi connectivity index (χ0) is 21.8. The molecule has 2 heterocycles. The SMILES string of the molecule is CCn1c(=O)c(N2CCC(NC(=O)Nc3cccc(OC)c3)CC2)nc2ccccc21. The second-order valence-corrected chi connectivity index (χ2v) is 7.57. The van der Waals surface area contributed by atoms with Gasteiger partial charge in [0.25, 0.3) is 5.56 Å². The molecule has 31 heavy (non-hydrogen) atoms. The zero-order valence-corrected chi connectivity index (χ0v) is 17.8. The zero-order valence-electron chi connectivity index (χ0n) is 17.8. The first-order chi connectivity index (χ1) is 15.1. The van der Waals surface area contributed by atoms with Gasteiger partial charge in [0.15, 0.2) is 5.82 Å². The second kappa shape index (κ2) is 9.07. The lowest BCUT2D eigenvalue weighted by Crippen LogP contribution is -2.47. The number of para-hydroxylation sites is 2. The van der Waals surface area contributed by atoms with E-state index < -0.39 is 0 Å². The Hall–Kier alpha value is -3.55. The smallest absolute Gasteiger partial charge is 0.319 e.